The average Bonchev–Trinajstić information content (AvgIpc) is 3.17. The molecule has 1 aromatic rings. The van der Waals surface area contributed by atoms with Crippen molar-refractivity contribution >= 4 is 29.2 Å². The molecule has 0 saturated heterocycles. The Bertz CT molecular complexity index is 905. The minimum Gasteiger partial charge on any atom is -0.458 e. The molecule has 3 N–H and O–H groups in total. The number of ketones is 1. The number of allylic oxidation sites excluding steroid dienone is 1. The maximum atomic E-state index is 13.1. The highest BCUT2D eigenvalue weighted by Crippen LogP contribution is 2.32. The third-order valence-electron chi connectivity index (χ3n) is 6.70. The van der Waals surface area contributed by atoms with E-state index in [9.17, 15) is 24.9 Å². The number of hydrogen-bond acceptors (Lipinski definition) is 8. The number of aliphatic hydroxyl groups is 3. The van der Waals surface area contributed by atoms with E-state index < -0.39 is 41.7 Å². The molecule has 0 aliphatic carbocycles. The molecule has 1 aromatic heterocycles. The topological polar surface area (TPSA) is 117 Å². The van der Waals surface area contributed by atoms with Crippen molar-refractivity contribution in [3.8, 4) is 0 Å². The van der Waals surface area contributed by atoms with Gasteiger partial charge >= 0.3 is 5.97 Å². The van der Waals surface area contributed by atoms with E-state index in [1.54, 1.807) is 20.8 Å². The zero-order valence-corrected chi connectivity index (χ0v) is 21.8. The van der Waals surface area contributed by atoms with E-state index in [1.165, 1.54) is 11.3 Å². The number of rotatable bonds is 2. The first-order chi connectivity index (χ1) is 15.8. The highest BCUT2D eigenvalue weighted by atomic mass is 32.1. The lowest BCUT2D eigenvalue weighted by atomic mass is 9.73. The maximum absolute atomic E-state index is 13.1. The fourth-order valence-electron chi connectivity index (χ4n) is 4.17. The molecule has 0 fully saturated rings. The Morgan fingerprint density at radius 1 is 1.18 bits per heavy atom. The summed E-state index contributed by atoms with van der Waals surface area (Å²) in [4.78, 5) is 30.3. The molecule has 1 aliphatic heterocycles. The molecule has 190 valence electrons. The lowest BCUT2D eigenvalue weighted by Gasteiger charge is -2.34. The second-order valence-electron chi connectivity index (χ2n) is 10.1. The van der Waals surface area contributed by atoms with Crippen molar-refractivity contribution in [3.63, 3.8) is 0 Å². The second kappa shape index (κ2) is 12.2. The van der Waals surface area contributed by atoms with Crippen LogP contribution in [0.5, 0.6) is 0 Å². The van der Waals surface area contributed by atoms with Crippen LogP contribution in [0.4, 0.5) is 0 Å². The molecule has 0 saturated carbocycles. The first-order valence-corrected chi connectivity index (χ1v) is 12.7. The van der Waals surface area contributed by atoms with E-state index in [4.69, 9.17) is 4.74 Å². The van der Waals surface area contributed by atoms with Crippen LogP contribution < -0.4 is 0 Å². The van der Waals surface area contributed by atoms with Gasteiger partial charge in [0.25, 0.3) is 0 Å². The third kappa shape index (κ3) is 7.57. The molecule has 2 rings (SSSR count). The Hall–Kier alpha value is -1.87. The van der Waals surface area contributed by atoms with Gasteiger partial charge in [0.2, 0.25) is 0 Å². The van der Waals surface area contributed by atoms with Crippen molar-refractivity contribution in [2.24, 2.45) is 17.3 Å². The zero-order valence-electron chi connectivity index (χ0n) is 21.0. The quantitative estimate of drug-likeness (QED) is 0.423. The van der Waals surface area contributed by atoms with Gasteiger partial charge in [0.1, 0.15) is 11.9 Å². The van der Waals surface area contributed by atoms with Crippen LogP contribution in [-0.4, -0.2) is 56.5 Å². The van der Waals surface area contributed by atoms with Crippen molar-refractivity contribution in [1.29, 1.82) is 0 Å². The molecule has 0 spiro atoms. The number of cyclic esters (lactones) is 1. The highest BCUT2D eigenvalue weighted by Gasteiger charge is 2.42. The number of esters is 1. The Balaban J connectivity index is 2.33. The van der Waals surface area contributed by atoms with Crippen LogP contribution >= 0.6 is 11.3 Å². The number of carbonyl (C=O) groups excluding carboxylic acids is 2. The molecule has 0 bridgehead atoms. The largest absolute Gasteiger partial charge is 0.458 e. The first-order valence-electron chi connectivity index (χ1n) is 11.9. The van der Waals surface area contributed by atoms with Crippen molar-refractivity contribution in [2.45, 2.75) is 91.6 Å². The van der Waals surface area contributed by atoms with Crippen molar-refractivity contribution < 1.29 is 29.6 Å². The summed E-state index contributed by atoms with van der Waals surface area (Å²) in [6.07, 6.45) is 2.70. The van der Waals surface area contributed by atoms with E-state index in [0.717, 1.165) is 16.3 Å². The third-order valence-corrected chi connectivity index (χ3v) is 7.49. The fourth-order valence-corrected chi connectivity index (χ4v) is 4.74. The number of thiazole rings is 1. The predicted octanol–water partition coefficient (Wildman–Crippen LogP) is 3.85. The monoisotopic (exact) mass is 493 g/mol. The van der Waals surface area contributed by atoms with Gasteiger partial charge in [-0.25, -0.2) is 4.98 Å². The fraction of sp³-hybridized carbons (Fsp3) is 0.654. The van der Waals surface area contributed by atoms with Gasteiger partial charge in [-0.1, -0.05) is 39.8 Å². The number of Topliss-reactive ketones (excluding diaryl/α,β-unsaturated/α-hetero) is 1. The lowest BCUT2D eigenvalue weighted by Crippen LogP contribution is -2.45. The Labute approximate surface area is 206 Å². The Morgan fingerprint density at radius 3 is 2.44 bits per heavy atom. The number of carbonyl (C=O) groups is 2. The molecule has 1 unspecified atom stereocenters. The minimum atomic E-state index is -1.28. The van der Waals surface area contributed by atoms with E-state index >= 15 is 0 Å². The Kier molecular flexibility index (Phi) is 10.2. The molecule has 0 amide bonds. The number of nitrogens with zero attached hydrogens (tertiary/aromatic N) is 1. The molecular weight excluding hydrogens is 454 g/mol. The SMILES string of the molecule is CC(=Cc1csc(C)n1)[C@@H]1CC(O)CC=CC[C@H](C)[C@H](O)[C@@H](C)C(=O)C(C)(C)[C@@H](O)CC(=O)O1. The van der Waals surface area contributed by atoms with E-state index in [1.807, 2.05) is 44.4 Å². The number of ether oxygens (including phenoxy) is 1. The van der Waals surface area contributed by atoms with Crippen LogP contribution in [0.2, 0.25) is 0 Å². The minimum absolute atomic E-state index is 0.183. The van der Waals surface area contributed by atoms with Gasteiger partial charge in [-0.3, -0.25) is 9.59 Å². The maximum Gasteiger partial charge on any atom is 0.309 e. The van der Waals surface area contributed by atoms with Gasteiger partial charge in [0.15, 0.2) is 0 Å². The highest BCUT2D eigenvalue weighted by molar-refractivity contribution is 7.09. The molecule has 0 aromatic carbocycles. The summed E-state index contributed by atoms with van der Waals surface area (Å²) in [6, 6.07) is 0. The van der Waals surface area contributed by atoms with E-state index in [0.29, 0.717) is 12.8 Å². The van der Waals surface area contributed by atoms with Crippen LogP contribution in [-0.2, 0) is 14.3 Å². The number of aryl methyl sites for hydroxylation is 1. The van der Waals surface area contributed by atoms with Gasteiger partial charge in [-0.15, -0.1) is 11.3 Å². The van der Waals surface area contributed by atoms with Crippen molar-refractivity contribution in [2.75, 3.05) is 0 Å². The van der Waals surface area contributed by atoms with E-state index in [2.05, 4.69) is 4.98 Å². The number of aromatic nitrogens is 1. The van der Waals surface area contributed by atoms with Crippen LogP contribution in [0.3, 0.4) is 0 Å². The summed E-state index contributed by atoms with van der Waals surface area (Å²) in [6.45, 7) is 10.4. The van der Waals surface area contributed by atoms with Gasteiger partial charge in [0.05, 0.1) is 40.8 Å². The summed E-state index contributed by atoms with van der Waals surface area (Å²) in [5.41, 5.74) is 0.244. The van der Waals surface area contributed by atoms with Gasteiger partial charge in [0, 0.05) is 17.7 Å². The van der Waals surface area contributed by atoms with Crippen LogP contribution in [0.1, 0.15) is 71.0 Å². The second-order valence-corrected chi connectivity index (χ2v) is 11.1. The predicted molar refractivity (Wildman–Crippen MR) is 133 cm³/mol. The molecule has 6 atom stereocenters. The van der Waals surface area contributed by atoms with Gasteiger partial charge < -0.3 is 20.1 Å². The summed E-state index contributed by atoms with van der Waals surface area (Å²) in [5, 5.41) is 34.9. The van der Waals surface area contributed by atoms with Gasteiger partial charge in [-0.05, 0) is 44.3 Å². The standard InChI is InChI=1S/C26H39NO6S/c1-15-9-7-8-10-20(28)12-21(16(2)11-19-14-34-18(4)27-19)33-23(30)13-22(29)26(5,6)25(32)17(3)24(15)31/h7-8,11,14-15,17,20-22,24,28-29,31H,9-10,12-13H2,1-6H3/t15-,17+,20?,21-,22-,24-/m0/s1. The molecule has 0 radical (unpaired) electrons. The molecule has 1 aliphatic rings. The van der Waals surface area contributed by atoms with Crippen molar-refractivity contribution in [1.82, 2.24) is 4.98 Å². The lowest BCUT2D eigenvalue weighted by molar-refractivity contribution is -0.155. The summed E-state index contributed by atoms with van der Waals surface area (Å²) < 4.78 is 5.69. The molecular formula is C26H39NO6S. The first kappa shape index (κ1) is 28.4. The van der Waals surface area contributed by atoms with Gasteiger partial charge in [-0.2, -0.15) is 0 Å². The van der Waals surface area contributed by atoms with E-state index in [-0.39, 0.29) is 24.5 Å². The molecule has 34 heavy (non-hydrogen) atoms. The average molecular weight is 494 g/mol. The molecule has 2 heterocycles. The van der Waals surface area contributed by atoms with Crippen LogP contribution in [0, 0.1) is 24.2 Å². The van der Waals surface area contributed by atoms with Crippen LogP contribution in [0.15, 0.2) is 23.1 Å². The normalized spacial score (nSPS) is 32.4. The molecule has 7 nitrogen and oxygen atoms in total. The molecule has 8 heteroatoms. The summed E-state index contributed by atoms with van der Waals surface area (Å²) in [7, 11) is 0. The zero-order chi connectivity index (χ0) is 25.6. The van der Waals surface area contributed by atoms with Crippen molar-refractivity contribution in [3.05, 3.63) is 33.8 Å². The summed E-state index contributed by atoms with van der Waals surface area (Å²) >= 11 is 1.52. The Morgan fingerprint density at radius 2 is 1.82 bits per heavy atom. The smallest absolute Gasteiger partial charge is 0.309 e. The number of hydrogen-bond donors (Lipinski definition) is 3. The number of aliphatic hydroxyl groups excluding tert-OH is 3. The van der Waals surface area contributed by atoms with Crippen LogP contribution in [0.25, 0.3) is 6.08 Å². The summed E-state index contributed by atoms with van der Waals surface area (Å²) in [5.74, 6) is -1.85.